The highest BCUT2D eigenvalue weighted by Crippen LogP contribution is 2.30. The molecule has 2 aliphatic heterocycles. The molecule has 2 aliphatic rings. The molecule has 2 fully saturated rings. The molecule has 0 aromatic heterocycles. The lowest BCUT2D eigenvalue weighted by molar-refractivity contribution is -0.155. The predicted octanol–water partition coefficient (Wildman–Crippen LogP) is 2.24. The molecule has 28 heavy (non-hydrogen) atoms. The largest absolute Gasteiger partial charge is 0.368 e. The van der Waals surface area contributed by atoms with E-state index in [0.29, 0.717) is 23.7 Å². The minimum Gasteiger partial charge on any atom is -0.368 e. The fraction of sp³-hybridized carbons (Fsp3) is 0.333. The molecule has 0 radical (unpaired) electrons. The molecule has 1 N–H and O–H groups in total. The van der Waals surface area contributed by atoms with Gasteiger partial charge in [0.1, 0.15) is 6.61 Å². The molecule has 2 heterocycles. The van der Waals surface area contributed by atoms with Crippen LogP contribution in [0.25, 0.3) is 0 Å². The Bertz CT molecular complexity index is 853. The Balaban J connectivity index is 1.47. The zero-order valence-electron chi connectivity index (χ0n) is 15.4. The maximum absolute atomic E-state index is 13.2. The average Bonchev–Trinajstić information content (AvgIpc) is 2.74. The van der Waals surface area contributed by atoms with Gasteiger partial charge in [-0.05, 0) is 23.8 Å². The second kappa shape index (κ2) is 8.20. The van der Waals surface area contributed by atoms with Crippen molar-refractivity contribution in [2.45, 2.75) is 12.1 Å². The lowest BCUT2D eigenvalue weighted by atomic mass is 9.98. The van der Waals surface area contributed by atoms with Crippen LogP contribution in [0.4, 0.5) is 5.69 Å². The van der Waals surface area contributed by atoms with Crippen molar-refractivity contribution < 1.29 is 14.3 Å². The van der Waals surface area contributed by atoms with Crippen LogP contribution in [-0.2, 0) is 14.3 Å². The van der Waals surface area contributed by atoms with E-state index in [9.17, 15) is 9.59 Å². The summed E-state index contributed by atoms with van der Waals surface area (Å²) in [6, 6.07) is 16.8. The molecule has 2 atom stereocenters. The maximum Gasteiger partial charge on any atom is 0.254 e. The molecule has 0 saturated carbocycles. The van der Waals surface area contributed by atoms with E-state index in [2.05, 4.69) is 22.3 Å². The van der Waals surface area contributed by atoms with Crippen molar-refractivity contribution in [3.63, 3.8) is 0 Å². The first-order valence-corrected chi connectivity index (χ1v) is 9.75. The van der Waals surface area contributed by atoms with Gasteiger partial charge in [0.25, 0.3) is 5.91 Å². The average molecular weight is 400 g/mol. The number of amides is 2. The van der Waals surface area contributed by atoms with Crippen LogP contribution in [0.5, 0.6) is 0 Å². The molecule has 2 saturated heterocycles. The van der Waals surface area contributed by atoms with Crippen LogP contribution < -0.4 is 10.2 Å². The quantitative estimate of drug-likeness (QED) is 0.859. The van der Waals surface area contributed by atoms with Gasteiger partial charge < -0.3 is 19.9 Å². The van der Waals surface area contributed by atoms with E-state index in [-0.39, 0.29) is 18.4 Å². The minimum absolute atomic E-state index is 0.113. The Labute approximate surface area is 169 Å². The molecule has 0 bridgehead atoms. The summed E-state index contributed by atoms with van der Waals surface area (Å²) in [6.07, 6.45) is -0.777. The first-order chi connectivity index (χ1) is 13.6. The van der Waals surface area contributed by atoms with Gasteiger partial charge in [0.15, 0.2) is 6.10 Å². The summed E-state index contributed by atoms with van der Waals surface area (Å²) in [6.45, 7) is 2.60. The third-order valence-corrected chi connectivity index (χ3v) is 5.55. The number of benzene rings is 2. The standard InChI is InChI=1S/C21H22ClN3O3/c22-17-9-5-4-8-16(17)19-20(28-14-18(26)23-19)21(27)25-12-10-24(11-13-25)15-6-2-1-3-7-15/h1-9,19-20H,10-14H2,(H,23,26)/t19-,20+/m1/s1. The van der Waals surface area contributed by atoms with Crippen molar-refractivity contribution in [2.24, 2.45) is 0 Å². The van der Waals surface area contributed by atoms with Crippen LogP contribution in [0.1, 0.15) is 11.6 Å². The summed E-state index contributed by atoms with van der Waals surface area (Å²) < 4.78 is 5.66. The molecule has 0 spiro atoms. The SMILES string of the molecule is O=C1CO[C@H](C(=O)N2CCN(c3ccccc3)CC2)[C@@H](c2ccccc2Cl)N1. The monoisotopic (exact) mass is 399 g/mol. The van der Waals surface area contributed by atoms with Crippen molar-refractivity contribution in [1.82, 2.24) is 10.2 Å². The van der Waals surface area contributed by atoms with Gasteiger partial charge in [-0.3, -0.25) is 9.59 Å². The Morgan fingerprint density at radius 2 is 1.68 bits per heavy atom. The highest BCUT2D eigenvalue weighted by Gasteiger charge is 2.39. The molecule has 0 aliphatic carbocycles. The van der Waals surface area contributed by atoms with Gasteiger partial charge in [0.05, 0.1) is 6.04 Å². The third-order valence-electron chi connectivity index (χ3n) is 5.21. The van der Waals surface area contributed by atoms with E-state index in [1.54, 1.807) is 6.07 Å². The third kappa shape index (κ3) is 3.84. The lowest BCUT2D eigenvalue weighted by Gasteiger charge is -2.40. The zero-order valence-corrected chi connectivity index (χ0v) is 16.1. The molecule has 2 aromatic carbocycles. The molecule has 6 nitrogen and oxygen atoms in total. The number of nitrogens with zero attached hydrogens (tertiary/aromatic N) is 2. The molecule has 2 amide bonds. The van der Waals surface area contributed by atoms with Crippen LogP contribution in [0.2, 0.25) is 5.02 Å². The number of nitrogens with one attached hydrogen (secondary N) is 1. The van der Waals surface area contributed by atoms with Crippen molar-refractivity contribution >= 4 is 29.1 Å². The van der Waals surface area contributed by atoms with Crippen LogP contribution in [-0.4, -0.2) is 55.6 Å². The normalized spacial score (nSPS) is 22.7. The maximum atomic E-state index is 13.2. The molecule has 2 aromatic rings. The van der Waals surface area contributed by atoms with Gasteiger partial charge in [-0.2, -0.15) is 0 Å². The second-order valence-corrected chi connectivity index (χ2v) is 7.35. The summed E-state index contributed by atoms with van der Waals surface area (Å²) >= 11 is 6.31. The van der Waals surface area contributed by atoms with Crippen LogP contribution in [0.15, 0.2) is 54.6 Å². The molecular weight excluding hydrogens is 378 g/mol. The van der Waals surface area contributed by atoms with Crippen molar-refractivity contribution in [3.05, 3.63) is 65.2 Å². The smallest absolute Gasteiger partial charge is 0.254 e. The molecule has 146 valence electrons. The highest BCUT2D eigenvalue weighted by atomic mass is 35.5. The van der Waals surface area contributed by atoms with E-state index in [1.807, 2.05) is 41.3 Å². The van der Waals surface area contributed by atoms with Gasteiger partial charge in [-0.15, -0.1) is 0 Å². The van der Waals surface area contributed by atoms with Gasteiger partial charge in [0.2, 0.25) is 5.91 Å². The number of halogens is 1. The second-order valence-electron chi connectivity index (χ2n) is 6.95. The number of piperazine rings is 1. The molecule has 0 unspecified atom stereocenters. The lowest BCUT2D eigenvalue weighted by Crippen LogP contribution is -2.57. The number of para-hydroxylation sites is 1. The Morgan fingerprint density at radius 1 is 1.00 bits per heavy atom. The minimum atomic E-state index is -0.777. The summed E-state index contributed by atoms with van der Waals surface area (Å²) in [5, 5.41) is 3.38. The van der Waals surface area contributed by atoms with Gasteiger partial charge in [0, 0.05) is 36.9 Å². The van der Waals surface area contributed by atoms with Crippen LogP contribution in [0.3, 0.4) is 0 Å². The molecular formula is C21H22ClN3O3. The van der Waals surface area contributed by atoms with Crippen LogP contribution >= 0.6 is 11.6 Å². The fourth-order valence-electron chi connectivity index (χ4n) is 3.74. The molecule has 7 heteroatoms. The van der Waals surface area contributed by atoms with Crippen molar-refractivity contribution in [2.75, 3.05) is 37.7 Å². The number of hydrogen-bond donors (Lipinski definition) is 1. The highest BCUT2D eigenvalue weighted by molar-refractivity contribution is 6.31. The van der Waals surface area contributed by atoms with Crippen LogP contribution in [0, 0.1) is 0 Å². The Hall–Kier alpha value is -2.57. The topological polar surface area (TPSA) is 61.9 Å². The van der Waals surface area contributed by atoms with E-state index < -0.39 is 12.1 Å². The number of carbonyl (C=O) groups is 2. The predicted molar refractivity (Wildman–Crippen MR) is 107 cm³/mol. The zero-order chi connectivity index (χ0) is 19.5. The van der Waals surface area contributed by atoms with E-state index in [0.717, 1.165) is 18.8 Å². The number of morpholine rings is 1. The molecule has 4 rings (SSSR count). The fourth-order valence-corrected chi connectivity index (χ4v) is 3.99. The summed E-state index contributed by atoms with van der Waals surface area (Å²) in [7, 11) is 0. The number of anilines is 1. The summed E-state index contributed by atoms with van der Waals surface area (Å²) in [4.78, 5) is 29.2. The van der Waals surface area contributed by atoms with Crippen molar-refractivity contribution in [3.8, 4) is 0 Å². The summed E-state index contributed by atoms with van der Waals surface area (Å²) in [5.74, 6) is -0.361. The van der Waals surface area contributed by atoms with E-state index >= 15 is 0 Å². The summed E-state index contributed by atoms with van der Waals surface area (Å²) in [5.41, 5.74) is 1.85. The number of ether oxygens (including phenoxy) is 1. The number of rotatable bonds is 3. The van der Waals surface area contributed by atoms with Gasteiger partial charge in [-0.25, -0.2) is 0 Å². The van der Waals surface area contributed by atoms with Gasteiger partial charge in [-0.1, -0.05) is 48.0 Å². The first kappa shape index (κ1) is 18.8. The Kier molecular flexibility index (Phi) is 5.50. The number of carbonyl (C=O) groups excluding carboxylic acids is 2. The Morgan fingerprint density at radius 3 is 2.39 bits per heavy atom. The van der Waals surface area contributed by atoms with E-state index in [4.69, 9.17) is 16.3 Å². The first-order valence-electron chi connectivity index (χ1n) is 9.37. The van der Waals surface area contributed by atoms with Crippen molar-refractivity contribution in [1.29, 1.82) is 0 Å². The van der Waals surface area contributed by atoms with Gasteiger partial charge >= 0.3 is 0 Å². The van der Waals surface area contributed by atoms with E-state index in [1.165, 1.54) is 0 Å². The number of hydrogen-bond acceptors (Lipinski definition) is 4.